The third kappa shape index (κ3) is 4.00. The Morgan fingerprint density at radius 1 is 1.12 bits per heavy atom. The first-order chi connectivity index (χ1) is 12.3. The highest BCUT2D eigenvalue weighted by molar-refractivity contribution is 7.22. The number of hydrogen-bond donors (Lipinski definition) is 0. The molecule has 0 saturated carbocycles. The summed E-state index contributed by atoms with van der Waals surface area (Å²) >= 11 is 7.28. The van der Waals surface area contributed by atoms with Crippen LogP contribution < -0.4 is 4.90 Å². The highest BCUT2D eigenvalue weighted by Crippen LogP contribution is 2.31. The largest absolute Gasteiger partial charge is 0.308 e. The molecule has 0 spiro atoms. The molecule has 3 aromatic rings. The molecular formula is C18H16ClF2N3OS. The highest BCUT2D eigenvalue weighted by atomic mass is 35.5. The van der Waals surface area contributed by atoms with E-state index in [1.807, 2.05) is 19.0 Å². The van der Waals surface area contributed by atoms with E-state index in [-0.39, 0.29) is 22.3 Å². The standard InChI is InChI=1S/C18H16ClF2N3OS/c1-23(2)7-8-24(17(25)13-5-3-11(20)9-14(13)19)18-22-15-6-4-12(21)10-16(15)26-18/h3-6,9-10H,7-8H2,1-2H3. The minimum atomic E-state index is -0.512. The maximum absolute atomic E-state index is 13.5. The topological polar surface area (TPSA) is 36.4 Å². The van der Waals surface area contributed by atoms with Gasteiger partial charge in [0.1, 0.15) is 11.6 Å². The number of fused-ring (bicyclic) bond motifs is 1. The molecule has 0 bridgehead atoms. The molecule has 8 heteroatoms. The second-order valence-corrected chi connectivity index (χ2v) is 7.41. The minimum Gasteiger partial charge on any atom is -0.308 e. The van der Waals surface area contributed by atoms with Crippen LogP contribution in [0.2, 0.25) is 5.02 Å². The van der Waals surface area contributed by atoms with E-state index in [9.17, 15) is 13.6 Å². The number of likely N-dealkylation sites (N-methyl/N-ethyl adjacent to an activating group) is 1. The number of thiazole rings is 1. The van der Waals surface area contributed by atoms with Crippen LogP contribution in [0.25, 0.3) is 10.2 Å². The van der Waals surface area contributed by atoms with Gasteiger partial charge in [-0.3, -0.25) is 9.69 Å². The lowest BCUT2D eigenvalue weighted by atomic mass is 10.2. The Kier molecular flexibility index (Phi) is 5.50. The summed E-state index contributed by atoms with van der Waals surface area (Å²) in [6, 6.07) is 7.94. The molecule has 1 aromatic heterocycles. The SMILES string of the molecule is CN(C)CCN(C(=O)c1ccc(F)cc1Cl)c1nc2ccc(F)cc2s1. The Hall–Kier alpha value is -2.09. The predicted octanol–water partition coefficient (Wildman–Crippen LogP) is 4.44. The Morgan fingerprint density at radius 2 is 1.81 bits per heavy atom. The van der Waals surface area contributed by atoms with E-state index in [0.29, 0.717) is 28.4 Å². The van der Waals surface area contributed by atoms with Gasteiger partial charge in [0.25, 0.3) is 5.91 Å². The number of anilines is 1. The minimum absolute atomic E-state index is 0.0389. The first-order valence-electron chi connectivity index (χ1n) is 7.83. The summed E-state index contributed by atoms with van der Waals surface area (Å²) in [7, 11) is 3.78. The molecule has 0 N–H and O–H groups in total. The van der Waals surface area contributed by atoms with Crippen LogP contribution >= 0.6 is 22.9 Å². The van der Waals surface area contributed by atoms with Crippen LogP contribution in [-0.2, 0) is 0 Å². The molecule has 136 valence electrons. The molecule has 2 aromatic carbocycles. The number of halogens is 3. The maximum atomic E-state index is 13.5. The van der Waals surface area contributed by atoms with Gasteiger partial charge in [0.15, 0.2) is 5.13 Å². The van der Waals surface area contributed by atoms with Crippen molar-refractivity contribution in [3.63, 3.8) is 0 Å². The van der Waals surface area contributed by atoms with Gasteiger partial charge in [0, 0.05) is 13.1 Å². The van der Waals surface area contributed by atoms with Crippen LogP contribution in [0.5, 0.6) is 0 Å². The molecule has 3 rings (SSSR count). The fourth-order valence-corrected chi connectivity index (χ4v) is 3.66. The van der Waals surface area contributed by atoms with Crippen LogP contribution in [0.15, 0.2) is 36.4 Å². The summed E-state index contributed by atoms with van der Waals surface area (Å²) in [5.41, 5.74) is 0.802. The van der Waals surface area contributed by atoms with E-state index in [2.05, 4.69) is 4.98 Å². The Morgan fingerprint density at radius 3 is 2.50 bits per heavy atom. The van der Waals surface area contributed by atoms with Crippen molar-refractivity contribution in [2.75, 3.05) is 32.1 Å². The maximum Gasteiger partial charge on any atom is 0.261 e. The van der Waals surface area contributed by atoms with Gasteiger partial charge in [-0.25, -0.2) is 13.8 Å². The number of nitrogens with zero attached hydrogens (tertiary/aromatic N) is 3. The summed E-state index contributed by atoms with van der Waals surface area (Å²) in [6.07, 6.45) is 0. The molecule has 26 heavy (non-hydrogen) atoms. The third-order valence-corrected chi connectivity index (χ3v) is 5.10. The molecule has 0 fully saturated rings. The van der Waals surface area contributed by atoms with Crippen LogP contribution in [0, 0.1) is 11.6 Å². The van der Waals surface area contributed by atoms with Gasteiger partial charge < -0.3 is 4.90 Å². The van der Waals surface area contributed by atoms with Crippen LogP contribution in [0.4, 0.5) is 13.9 Å². The predicted molar refractivity (Wildman–Crippen MR) is 101 cm³/mol. The normalized spacial score (nSPS) is 11.3. The lowest BCUT2D eigenvalue weighted by Crippen LogP contribution is -2.36. The van der Waals surface area contributed by atoms with Crippen LogP contribution in [-0.4, -0.2) is 43.0 Å². The molecular weight excluding hydrogens is 380 g/mol. The third-order valence-electron chi connectivity index (χ3n) is 3.75. The first kappa shape index (κ1) is 18.7. The van der Waals surface area contributed by atoms with Gasteiger partial charge >= 0.3 is 0 Å². The average Bonchev–Trinajstić information content (AvgIpc) is 2.97. The van der Waals surface area contributed by atoms with Crippen molar-refractivity contribution in [2.45, 2.75) is 0 Å². The van der Waals surface area contributed by atoms with E-state index in [1.165, 1.54) is 40.5 Å². The van der Waals surface area contributed by atoms with Gasteiger partial charge in [0.2, 0.25) is 0 Å². The number of hydrogen-bond acceptors (Lipinski definition) is 4. The zero-order chi connectivity index (χ0) is 18.8. The zero-order valence-corrected chi connectivity index (χ0v) is 15.7. The molecule has 0 aliphatic rings. The van der Waals surface area contributed by atoms with Crippen LogP contribution in [0.3, 0.4) is 0 Å². The lowest BCUT2D eigenvalue weighted by Gasteiger charge is -2.22. The molecule has 1 heterocycles. The molecule has 0 atom stereocenters. The number of rotatable bonds is 5. The van der Waals surface area contributed by atoms with E-state index in [0.717, 1.165) is 6.07 Å². The van der Waals surface area contributed by atoms with Gasteiger partial charge in [-0.1, -0.05) is 22.9 Å². The van der Waals surface area contributed by atoms with E-state index in [1.54, 1.807) is 6.07 Å². The summed E-state index contributed by atoms with van der Waals surface area (Å²) in [5, 5.41) is 0.481. The molecule has 0 aliphatic carbocycles. The first-order valence-corrected chi connectivity index (χ1v) is 9.02. The molecule has 0 aliphatic heterocycles. The number of aromatic nitrogens is 1. The summed E-state index contributed by atoms with van der Waals surface area (Å²) in [5.74, 6) is -1.25. The zero-order valence-electron chi connectivity index (χ0n) is 14.2. The number of amides is 1. The average molecular weight is 396 g/mol. The van der Waals surface area contributed by atoms with Crippen molar-refractivity contribution in [2.24, 2.45) is 0 Å². The Balaban J connectivity index is 2.01. The van der Waals surface area contributed by atoms with Crippen LogP contribution in [0.1, 0.15) is 10.4 Å². The Bertz CT molecular complexity index is 961. The molecule has 0 radical (unpaired) electrons. The monoisotopic (exact) mass is 395 g/mol. The van der Waals surface area contributed by atoms with Gasteiger partial charge in [-0.05, 0) is 50.5 Å². The smallest absolute Gasteiger partial charge is 0.261 e. The number of benzene rings is 2. The van der Waals surface area contributed by atoms with Gasteiger partial charge in [-0.15, -0.1) is 0 Å². The van der Waals surface area contributed by atoms with Crippen molar-refractivity contribution < 1.29 is 13.6 Å². The van der Waals surface area contributed by atoms with Crippen molar-refractivity contribution in [3.8, 4) is 0 Å². The summed E-state index contributed by atoms with van der Waals surface area (Å²) in [4.78, 5) is 20.9. The summed E-state index contributed by atoms with van der Waals surface area (Å²) < 4.78 is 27.4. The second kappa shape index (κ2) is 7.65. The number of carbonyl (C=O) groups is 1. The fraction of sp³-hybridized carbons (Fsp3) is 0.222. The van der Waals surface area contributed by atoms with Crippen molar-refractivity contribution in [3.05, 3.63) is 58.6 Å². The van der Waals surface area contributed by atoms with Gasteiger partial charge in [0.05, 0.1) is 20.8 Å². The van der Waals surface area contributed by atoms with Crippen molar-refractivity contribution in [1.29, 1.82) is 0 Å². The van der Waals surface area contributed by atoms with E-state index in [4.69, 9.17) is 11.6 Å². The molecule has 0 unspecified atom stereocenters. The molecule has 4 nitrogen and oxygen atoms in total. The van der Waals surface area contributed by atoms with Gasteiger partial charge in [-0.2, -0.15) is 0 Å². The molecule has 1 amide bonds. The highest BCUT2D eigenvalue weighted by Gasteiger charge is 2.23. The second-order valence-electron chi connectivity index (χ2n) is 5.99. The number of carbonyl (C=O) groups excluding carboxylic acids is 1. The van der Waals surface area contributed by atoms with Crippen molar-refractivity contribution >= 4 is 44.2 Å². The van der Waals surface area contributed by atoms with E-state index < -0.39 is 5.82 Å². The Labute approximate surface area is 158 Å². The fourth-order valence-electron chi connectivity index (χ4n) is 2.39. The summed E-state index contributed by atoms with van der Waals surface area (Å²) in [6.45, 7) is 0.955. The van der Waals surface area contributed by atoms with E-state index >= 15 is 0 Å². The quantitative estimate of drug-likeness (QED) is 0.641. The molecule has 0 saturated heterocycles. The lowest BCUT2D eigenvalue weighted by molar-refractivity contribution is 0.0985. The van der Waals surface area contributed by atoms with Crippen molar-refractivity contribution in [1.82, 2.24) is 9.88 Å².